The largest absolute Gasteiger partial charge is 0.416 e. The van der Waals surface area contributed by atoms with Crippen LogP contribution in [0.1, 0.15) is 41.6 Å². The molecule has 1 aromatic heterocycles. The molecule has 1 aromatic carbocycles. The average molecular weight is 479 g/mol. The maximum absolute atomic E-state index is 13.3. The van der Waals surface area contributed by atoms with E-state index in [1.54, 1.807) is 18.0 Å². The molecule has 1 fully saturated rings. The molecule has 0 saturated heterocycles. The molecule has 2 aromatic rings. The van der Waals surface area contributed by atoms with Crippen molar-refractivity contribution in [3.63, 3.8) is 0 Å². The molecule has 1 aliphatic carbocycles. The van der Waals surface area contributed by atoms with Gasteiger partial charge in [0, 0.05) is 37.8 Å². The smallest absolute Gasteiger partial charge is 0.388 e. The van der Waals surface area contributed by atoms with Crippen LogP contribution in [-0.4, -0.2) is 34.4 Å². The molecule has 0 radical (unpaired) electrons. The lowest BCUT2D eigenvalue weighted by Crippen LogP contribution is -2.49. The molecule has 0 unspecified atom stereocenters. The van der Waals surface area contributed by atoms with Gasteiger partial charge in [0.1, 0.15) is 11.2 Å². The lowest BCUT2D eigenvalue weighted by Gasteiger charge is -2.39. The van der Waals surface area contributed by atoms with Crippen molar-refractivity contribution in [3.05, 3.63) is 45.9 Å². The zero-order valence-corrected chi connectivity index (χ0v) is 18.6. The Morgan fingerprint density at radius 3 is 2.67 bits per heavy atom. The first-order valence-corrected chi connectivity index (χ1v) is 10.9. The van der Waals surface area contributed by atoms with Crippen LogP contribution in [0.15, 0.2) is 18.2 Å². The standard InChI is InChI=1S/C22H22ClF3N6O/c1-28-15-8-13(7-14(9-15)22(24,25)26)10-29-18-16-11-32(6-3-17(16)30-20(23)31-18)19(33)21(12-27)4-2-5-21/h7-9,28H,2-6,10-11H2,1H3,(H,29,30,31). The van der Waals surface area contributed by atoms with Crippen molar-refractivity contribution in [2.45, 2.75) is 44.9 Å². The van der Waals surface area contributed by atoms with Crippen molar-refractivity contribution in [1.29, 1.82) is 5.26 Å². The van der Waals surface area contributed by atoms with E-state index >= 15 is 0 Å². The zero-order valence-electron chi connectivity index (χ0n) is 17.9. The number of hydrogen-bond acceptors (Lipinski definition) is 6. The summed E-state index contributed by atoms with van der Waals surface area (Å²) >= 11 is 6.08. The van der Waals surface area contributed by atoms with Gasteiger partial charge in [-0.1, -0.05) is 0 Å². The van der Waals surface area contributed by atoms with E-state index in [2.05, 4.69) is 26.7 Å². The number of rotatable bonds is 5. The van der Waals surface area contributed by atoms with E-state index in [1.807, 2.05) is 0 Å². The first-order valence-electron chi connectivity index (χ1n) is 10.5. The Balaban J connectivity index is 1.58. The van der Waals surface area contributed by atoms with Gasteiger partial charge in [-0.3, -0.25) is 4.79 Å². The van der Waals surface area contributed by atoms with E-state index in [4.69, 9.17) is 11.6 Å². The molecule has 0 atom stereocenters. The summed E-state index contributed by atoms with van der Waals surface area (Å²) in [4.78, 5) is 23.1. The summed E-state index contributed by atoms with van der Waals surface area (Å²) in [6.45, 7) is 0.692. The minimum Gasteiger partial charge on any atom is -0.388 e. The molecule has 4 rings (SSSR count). The molecule has 0 bridgehead atoms. The minimum atomic E-state index is -4.47. The Bertz CT molecular complexity index is 1130. The van der Waals surface area contributed by atoms with Crippen LogP contribution in [0.2, 0.25) is 5.28 Å². The van der Waals surface area contributed by atoms with Crippen LogP contribution in [0, 0.1) is 16.7 Å². The Morgan fingerprint density at radius 2 is 2.06 bits per heavy atom. The highest BCUT2D eigenvalue weighted by Crippen LogP contribution is 2.43. The van der Waals surface area contributed by atoms with Crippen LogP contribution in [0.4, 0.5) is 24.7 Å². The molecule has 7 nitrogen and oxygen atoms in total. The van der Waals surface area contributed by atoms with Gasteiger partial charge in [-0.05, 0) is 54.6 Å². The highest BCUT2D eigenvalue weighted by Gasteiger charge is 2.47. The van der Waals surface area contributed by atoms with E-state index in [0.717, 1.165) is 18.6 Å². The molecule has 174 valence electrons. The number of benzene rings is 1. The van der Waals surface area contributed by atoms with Gasteiger partial charge in [-0.25, -0.2) is 9.97 Å². The van der Waals surface area contributed by atoms with E-state index < -0.39 is 17.2 Å². The van der Waals surface area contributed by atoms with Gasteiger partial charge in [0.05, 0.1) is 23.9 Å². The van der Waals surface area contributed by atoms with Gasteiger partial charge in [0.25, 0.3) is 0 Å². The fraction of sp³-hybridized carbons (Fsp3) is 0.455. The number of nitriles is 1. The number of halogens is 4. The van der Waals surface area contributed by atoms with Gasteiger partial charge in [-0.2, -0.15) is 18.4 Å². The molecular weight excluding hydrogens is 457 g/mol. The van der Waals surface area contributed by atoms with Gasteiger partial charge in [-0.15, -0.1) is 0 Å². The molecule has 0 spiro atoms. The van der Waals surface area contributed by atoms with E-state index in [1.165, 1.54) is 0 Å². The second kappa shape index (κ2) is 8.71. The first kappa shape index (κ1) is 23.1. The van der Waals surface area contributed by atoms with Crippen LogP contribution in [0.25, 0.3) is 0 Å². The topological polar surface area (TPSA) is 93.9 Å². The van der Waals surface area contributed by atoms with Gasteiger partial charge >= 0.3 is 6.18 Å². The monoisotopic (exact) mass is 478 g/mol. The molecule has 1 aliphatic heterocycles. The lowest BCUT2D eigenvalue weighted by molar-refractivity contribution is -0.144. The number of anilines is 2. The van der Waals surface area contributed by atoms with Crippen LogP contribution < -0.4 is 10.6 Å². The predicted octanol–water partition coefficient (Wildman–Crippen LogP) is 4.38. The van der Waals surface area contributed by atoms with E-state index in [-0.39, 0.29) is 24.3 Å². The average Bonchev–Trinajstić information content (AvgIpc) is 2.75. The zero-order chi connectivity index (χ0) is 23.8. The van der Waals surface area contributed by atoms with Crippen molar-refractivity contribution in [1.82, 2.24) is 14.9 Å². The Labute approximate surface area is 194 Å². The van der Waals surface area contributed by atoms with Crippen LogP contribution >= 0.6 is 11.6 Å². The number of hydrogen-bond donors (Lipinski definition) is 2. The van der Waals surface area contributed by atoms with Crippen molar-refractivity contribution in [2.24, 2.45) is 5.41 Å². The molecule has 11 heteroatoms. The molecular formula is C22H22ClF3N6O. The number of carbonyl (C=O) groups is 1. The summed E-state index contributed by atoms with van der Waals surface area (Å²) in [5, 5.41) is 15.3. The van der Waals surface area contributed by atoms with Crippen molar-refractivity contribution >= 4 is 29.0 Å². The maximum atomic E-state index is 13.3. The highest BCUT2D eigenvalue weighted by atomic mass is 35.5. The van der Waals surface area contributed by atoms with Crippen LogP contribution in [0.5, 0.6) is 0 Å². The quantitative estimate of drug-likeness (QED) is 0.619. The number of fused-ring (bicyclic) bond motifs is 1. The third kappa shape index (κ3) is 4.55. The molecule has 1 saturated carbocycles. The normalized spacial score (nSPS) is 16.9. The number of nitrogens with one attached hydrogen (secondary N) is 2. The van der Waals surface area contributed by atoms with Gasteiger partial charge in [0.15, 0.2) is 0 Å². The molecule has 1 amide bonds. The van der Waals surface area contributed by atoms with Crippen molar-refractivity contribution in [3.8, 4) is 6.07 Å². The van der Waals surface area contributed by atoms with Crippen LogP contribution in [0.3, 0.4) is 0 Å². The SMILES string of the molecule is CNc1cc(CNc2nc(Cl)nc3c2CN(C(=O)C2(C#N)CCC2)CC3)cc(C(F)(F)F)c1. The minimum absolute atomic E-state index is 0.0171. The summed E-state index contributed by atoms with van der Waals surface area (Å²) in [6.07, 6.45) is -2.07. The van der Waals surface area contributed by atoms with Crippen LogP contribution in [-0.2, 0) is 30.5 Å². The molecule has 2 heterocycles. The van der Waals surface area contributed by atoms with E-state index in [0.29, 0.717) is 54.1 Å². The van der Waals surface area contributed by atoms with Gasteiger partial charge < -0.3 is 15.5 Å². The first-order chi connectivity index (χ1) is 15.6. The third-order valence-electron chi connectivity index (χ3n) is 6.22. The Hall–Kier alpha value is -3.06. The lowest BCUT2D eigenvalue weighted by atomic mass is 9.69. The predicted molar refractivity (Wildman–Crippen MR) is 116 cm³/mol. The molecule has 2 aliphatic rings. The number of nitrogens with zero attached hydrogens (tertiary/aromatic N) is 4. The number of alkyl halides is 3. The summed E-state index contributed by atoms with van der Waals surface area (Å²) in [6, 6.07) is 5.91. The summed E-state index contributed by atoms with van der Waals surface area (Å²) in [5.41, 5.74) is 0.365. The molecule has 33 heavy (non-hydrogen) atoms. The number of amides is 1. The fourth-order valence-corrected chi connectivity index (χ4v) is 4.38. The Morgan fingerprint density at radius 1 is 1.30 bits per heavy atom. The highest BCUT2D eigenvalue weighted by molar-refractivity contribution is 6.28. The molecule has 2 N–H and O–H groups in total. The Kier molecular flexibility index (Phi) is 6.10. The fourth-order valence-electron chi connectivity index (χ4n) is 4.20. The van der Waals surface area contributed by atoms with Crippen molar-refractivity contribution in [2.75, 3.05) is 24.2 Å². The summed E-state index contributed by atoms with van der Waals surface area (Å²) in [5.74, 6) is 0.171. The maximum Gasteiger partial charge on any atom is 0.416 e. The van der Waals surface area contributed by atoms with Crippen molar-refractivity contribution < 1.29 is 18.0 Å². The number of aromatic nitrogens is 2. The number of carbonyl (C=O) groups excluding carboxylic acids is 1. The third-order valence-corrected chi connectivity index (χ3v) is 6.39. The summed E-state index contributed by atoms with van der Waals surface area (Å²) in [7, 11) is 1.55. The second-order valence-electron chi connectivity index (χ2n) is 8.31. The summed E-state index contributed by atoms with van der Waals surface area (Å²) < 4.78 is 39.8. The van der Waals surface area contributed by atoms with E-state index in [9.17, 15) is 23.2 Å². The van der Waals surface area contributed by atoms with Gasteiger partial charge in [0.2, 0.25) is 11.2 Å². The second-order valence-corrected chi connectivity index (χ2v) is 8.65.